The molecule has 0 amide bonds. The summed E-state index contributed by atoms with van der Waals surface area (Å²) in [5.41, 5.74) is 0. The number of fused-ring (bicyclic) bond motifs is 1. The quantitative estimate of drug-likeness (QED) is 0.520. The molecule has 0 radical (unpaired) electrons. The summed E-state index contributed by atoms with van der Waals surface area (Å²) in [6.07, 6.45) is 0. The number of benzene rings is 1. The Balaban J connectivity index is 2.42. The Kier molecular flexibility index (Phi) is 1.44. The molecule has 0 aliphatic carbocycles. The second kappa shape index (κ2) is 2.30. The molecule has 2 rings (SSSR count). The van der Waals surface area contributed by atoms with Gasteiger partial charge in [-0.2, -0.15) is 0 Å². The van der Waals surface area contributed by atoms with Gasteiger partial charge in [0, 0.05) is 0 Å². The van der Waals surface area contributed by atoms with Crippen molar-refractivity contribution >= 4 is 20.6 Å². The number of rotatable bonds is 0. The van der Waals surface area contributed by atoms with E-state index in [9.17, 15) is 0 Å². The molecule has 0 saturated carbocycles. The molecule has 10 heavy (non-hydrogen) atoms. The molecule has 0 bridgehead atoms. The van der Waals surface area contributed by atoms with Crippen LogP contribution in [0.15, 0.2) is 24.3 Å². The van der Waals surface area contributed by atoms with Gasteiger partial charge in [0.1, 0.15) is 0 Å². The van der Waals surface area contributed by atoms with Gasteiger partial charge >= 0.3 is 67.5 Å². The molecule has 1 heterocycles. The molecule has 54 valence electrons. The fourth-order valence-corrected chi connectivity index (χ4v) is 2.98. The molecular weight excluding hydrogens is 243 g/mol. The zero-order valence-electron chi connectivity index (χ0n) is 5.50. The molecule has 0 atom stereocenters. The molecule has 0 unspecified atom stereocenters. The monoisotopic (exact) mass is 250 g/mol. The summed E-state index contributed by atoms with van der Waals surface area (Å²) in [6, 6.07) is 7.79. The molecule has 1 aliphatic heterocycles. The van der Waals surface area contributed by atoms with E-state index in [1.807, 2.05) is 29.2 Å². The second-order valence-electron chi connectivity index (χ2n) is 1.97. The SMILES string of the molecule is CI1Oc2ccccc2O1. The Hall–Kier alpha value is -0.450. The molecule has 2 nitrogen and oxygen atoms in total. The molecule has 1 aromatic rings. The summed E-state index contributed by atoms with van der Waals surface area (Å²) in [5.74, 6) is 1.82. The summed E-state index contributed by atoms with van der Waals surface area (Å²) < 4.78 is 10.9. The first-order valence-corrected chi connectivity index (χ1v) is 6.84. The van der Waals surface area contributed by atoms with Crippen LogP contribution in [-0.4, -0.2) is 4.93 Å². The van der Waals surface area contributed by atoms with E-state index in [1.165, 1.54) is 0 Å². The van der Waals surface area contributed by atoms with Gasteiger partial charge in [-0.05, 0) is 0 Å². The molecule has 0 spiro atoms. The summed E-state index contributed by atoms with van der Waals surface area (Å²) in [5, 5.41) is 0. The van der Waals surface area contributed by atoms with Gasteiger partial charge in [-0.15, -0.1) is 0 Å². The number of hydrogen-bond acceptors (Lipinski definition) is 2. The fourth-order valence-electron chi connectivity index (χ4n) is 0.827. The number of halogens is 1. The van der Waals surface area contributed by atoms with Gasteiger partial charge in [0.25, 0.3) is 0 Å². The van der Waals surface area contributed by atoms with Crippen LogP contribution in [0.1, 0.15) is 0 Å². The van der Waals surface area contributed by atoms with Gasteiger partial charge in [-0.25, -0.2) is 0 Å². The van der Waals surface area contributed by atoms with Gasteiger partial charge in [0.05, 0.1) is 0 Å². The van der Waals surface area contributed by atoms with E-state index in [0.29, 0.717) is 0 Å². The Morgan fingerprint density at radius 1 is 1.10 bits per heavy atom. The normalized spacial score (nSPS) is 17.5. The van der Waals surface area contributed by atoms with Gasteiger partial charge in [0.2, 0.25) is 0 Å². The third kappa shape index (κ3) is 0.941. The topological polar surface area (TPSA) is 18.5 Å². The van der Waals surface area contributed by atoms with Crippen molar-refractivity contribution in [1.82, 2.24) is 0 Å². The summed E-state index contributed by atoms with van der Waals surface area (Å²) >= 11 is -1.49. The molecule has 0 fully saturated rings. The van der Waals surface area contributed by atoms with Crippen LogP contribution in [0.4, 0.5) is 0 Å². The average molecular weight is 250 g/mol. The molecule has 3 heteroatoms. The minimum atomic E-state index is -1.49. The van der Waals surface area contributed by atoms with Gasteiger partial charge in [-0.3, -0.25) is 0 Å². The molecule has 0 aromatic heterocycles. The Morgan fingerprint density at radius 3 is 2.10 bits per heavy atom. The van der Waals surface area contributed by atoms with E-state index >= 15 is 0 Å². The molecule has 0 N–H and O–H groups in total. The number of hydrogen-bond donors (Lipinski definition) is 0. The van der Waals surface area contributed by atoms with E-state index in [4.69, 9.17) is 6.13 Å². The van der Waals surface area contributed by atoms with Crippen LogP contribution < -0.4 is 6.13 Å². The zero-order chi connectivity index (χ0) is 6.97. The maximum absolute atomic E-state index is 5.44. The standard InChI is InChI=1S/C7H7IO2/c1-8-9-6-4-2-3-5-7(6)10-8/h2-5H,1H3. The summed E-state index contributed by atoms with van der Waals surface area (Å²) in [4.78, 5) is 2.03. The molecule has 0 saturated heterocycles. The van der Waals surface area contributed by atoms with Gasteiger partial charge in [-0.1, -0.05) is 0 Å². The molecule has 1 aromatic carbocycles. The maximum atomic E-state index is 5.44. The predicted molar refractivity (Wildman–Crippen MR) is 47.6 cm³/mol. The van der Waals surface area contributed by atoms with Crippen LogP contribution in [0.2, 0.25) is 0 Å². The van der Waals surface area contributed by atoms with Crippen molar-refractivity contribution in [2.45, 2.75) is 0 Å². The average Bonchev–Trinajstić information content (AvgIpc) is 2.27. The van der Waals surface area contributed by atoms with Crippen molar-refractivity contribution in [1.29, 1.82) is 0 Å². The molecule has 1 aliphatic rings. The number of alkyl halides is 1. The van der Waals surface area contributed by atoms with E-state index in [0.717, 1.165) is 11.5 Å². The predicted octanol–water partition coefficient (Wildman–Crippen LogP) is 2.42. The first-order chi connectivity index (χ1) is 4.86. The van der Waals surface area contributed by atoms with Crippen LogP contribution in [0, 0.1) is 0 Å². The first-order valence-electron chi connectivity index (χ1n) is 2.92. The van der Waals surface area contributed by atoms with E-state index in [2.05, 4.69) is 0 Å². The van der Waals surface area contributed by atoms with Crippen molar-refractivity contribution in [2.75, 3.05) is 4.93 Å². The Bertz CT molecular complexity index is 224. The van der Waals surface area contributed by atoms with E-state index in [-0.39, 0.29) is 0 Å². The fraction of sp³-hybridized carbons (Fsp3) is 0.143. The second-order valence-corrected chi connectivity index (χ2v) is 4.97. The van der Waals surface area contributed by atoms with E-state index in [1.54, 1.807) is 0 Å². The zero-order valence-corrected chi connectivity index (χ0v) is 7.66. The Morgan fingerprint density at radius 2 is 1.60 bits per heavy atom. The van der Waals surface area contributed by atoms with Gasteiger partial charge in [0.15, 0.2) is 0 Å². The minimum absolute atomic E-state index is 0.912. The van der Waals surface area contributed by atoms with Crippen LogP contribution in [0.25, 0.3) is 0 Å². The van der Waals surface area contributed by atoms with Gasteiger partial charge < -0.3 is 0 Å². The van der Waals surface area contributed by atoms with Crippen molar-refractivity contribution in [2.24, 2.45) is 0 Å². The molecular formula is C7H7IO2. The first kappa shape index (κ1) is 6.27. The third-order valence-corrected chi connectivity index (χ3v) is 3.42. The van der Waals surface area contributed by atoms with Crippen LogP contribution in [0.5, 0.6) is 11.5 Å². The Labute approximate surface area is 67.6 Å². The van der Waals surface area contributed by atoms with Crippen LogP contribution in [-0.2, 0) is 0 Å². The van der Waals surface area contributed by atoms with E-state index < -0.39 is 20.6 Å². The van der Waals surface area contributed by atoms with Crippen molar-refractivity contribution in [3.05, 3.63) is 24.3 Å². The van der Waals surface area contributed by atoms with Crippen molar-refractivity contribution in [3.8, 4) is 11.5 Å². The van der Waals surface area contributed by atoms with Crippen molar-refractivity contribution in [3.63, 3.8) is 0 Å². The summed E-state index contributed by atoms with van der Waals surface area (Å²) in [7, 11) is 0. The van der Waals surface area contributed by atoms with Crippen LogP contribution in [0.3, 0.4) is 0 Å². The number of para-hydroxylation sites is 2. The van der Waals surface area contributed by atoms with Crippen molar-refractivity contribution < 1.29 is 6.13 Å². The third-order valence-electron chi connectivity index (χ3n) is 1.23. The summed E-state index contributed by atoms with van der Waals surface area (Å²) in [6.45, 7) is 0. The van der Waals surface area contributed by atoms with Crippen LogP contribution >= 0.6 is 20.6 Å².